The quantitative estimate of drug-likeness (QED) is 0.528. The average molecular weight is 495 g/mol. The molecule has 0 radical (unpaired) electrons. The van der Waals surface area contributed by atoms with Gasteiger partial charge >= 0.3 is 0 Å². The Morgan fingerprint density at radius 2 is 2.09 bits per heavy atom. The molecule has 2 atom stereocenters. The topological polar surface area (TPSA) is 132 Å². The Morgan fingerprint density at radius 1 is 1.26 bits per heavy atom. The number of anilines is 2. The summed E-state index contributed by atoms with van der Waals surface area (Å²) in [6.07, 6.45) is 5.38. The van der Waals surface area contributed by atoms with Gasteiger partial charge in [0.1, 0.15) is 5.54 Å². The zero-order valence-corrected chi connectivity index (χ0v) is 19.7. The molecule has 0 spiro atoms. The van der Waals surface area contributed by atoms with Gasteiger partial charge in [-0.05, 0) is 17.7 Å². The van der Waals surface area contributed by atoms with Crippen molar-refractivity contribution in [3.63, 3.8) is 0 Å². The number of hydrogen-bond donors (Lipinski definition) is 2. The number of rotatable bonds is 6. The Labute approximate surface area is 205 Å². The van der Waals surface area contributed by atoms with Gasteiger partial charge in [0.15, 0.2) is 11.0 Å². The van der Waals surface area contributed by atoms with E-state index in [1.807, 2.05) is 29.2 Å². The Balaban J connectivity index is 1.38. The minimum absolute atomic E-state index is 0.0758. The van der Waals surface area contributed by atoms with Gasteiger partial charge < -0.3 is 20.7 Å². The van der Waals surface area contributed by atoms with Crippen molar-refractivity contribution in [2.45, 2.75) is 12.0 Å². The second kappa shape index (κ2) is 9.45. The molecule has 3 N–H and O–H groups in total. The summed E-state index contributed by atoms with van der Waals surface area (Å²) in [6.45, 7) is 1.14. The minimum Gasteiger partial charge on any atom is -0.480 e. The summed E-state index contributed by atoms with van der Waals surface area (Å²) in [5.41, 5.74) is 7.64. The number of halogens is 1. The molecule has 3 aromatic rings. The summed E-state index contributed by atoms with van der Waals surface area (Å²) in [7, 11) is 1.51. The molecule has 35 heavy (non-hydrogen) atoms. The Kier molecular flexibility index (Phi) is 6.20. The first kappa shape index (κ1) is 23.0. The van der Waals surface area contributed by atoms with E-state index in [9.17, 15) is 9.18 Å². The largest absolute Gasteiger partial charge is 0.480 e. The molecule has 10 nitrogen and oxygen atoms in total. The highest BCUT2D eigenvalue weighted by molar-refractivity contribution is 8.13. The van der Waals surface area contributed by atoms with Crippen LogP contribution in [0.5, 0.6) is 5.88 Å². The molecule has 2 aliphatic heterocycles. The molecule has 2 aliphatic rings. The predicted molar refractivity (Wildman–Crippen MR) is 131 cm³/mol. The number of thioether (sulfide) groups is 1. The van der Waals surface area contributed by atoms with Crippen LogP contribution in [0.1, 0.15) is 11.3 Å². The van der Waals surface area contributed by atoms with Gasteiger partial charge in [-0.25, -0.2) is 24.3 Å². The lowest BCUT2D eigenvalue weighted by Gasteiger charge is -2.34. The van der Waals surface area contributed by atoms with Crippen molar-refractivity contribution in [2.75, 3.05) is 36.2 Å². The molecular formula is C23H23FN8O2S. The van der Waals surface area contributed by atoms with Gasteiger partial charge in [0, 0.05) is 23.9 Å². The minimum atomic E-state index is -0.630. The van der Waals surface area contributed by atoms with Crippen LogP contribution in [0.3, 0.4) is 0 Å². The molecule has 0 aliphatic carbocycles. The third-order valence-electron chi connectivity index (χ3n) is 6.06. The van der Waals surface area contributed by atoms with Gasteiger partial charge in [-0.2, -0.15) is 0 Å². The maximum absolute atomic E-state index is 13.3. The zero-order valence-electron chi connectivity index (χ0n) is 18.9. The summed E-state index contributed by atoms with van der Waals surface area (Å²) in [6, 6.07) is 7.62. The SMILES string of the molecule is COc1cnc(CC(=O)Nc2cccc([C@]34CN(c5ncc(F)cn5)C[C@H]3CSC(N)=N4)c2)cn1. The van der Waals surface area contributed by atoms with Crippen LogP contribution in [-0.2, 0) is 16.8 Å². The number of nitrogens with zero attached hydrogens (tertiary/aromatic N) is 6. The first-order valence-electron chi connectivity index (χ1n) is 10.9. The number of amidine groups is 1. The van der Waals surface area contributed by atoms with E-state index >= 15 is 0 Å². The van der Waals surface area contributed by atoms with Crippen molar-refractivity contribution in [1.29, 1.82) is 0 Å². The van der Waals surface area contributed by atoms with Crippen LogP contribution in [0.15, 0.2) is 54.0 Å². The van der Waals surface area contributed by atoms with Crippen molar-refractivity contribution in [3.8, 4) is 5.88 Å². The van der Waals surface area contributed by atoms with Crippen LogP contribution >= 0.6 is 11.8 Å². The average Bonchev–Trinajstić information content (AvgIpc) is 3.25. The highest BCUT2D eigenvalue weighted by atomic mass is 32.2. The van der Waals surface area contributed by atoms with Crippen LogP contribution in [-0.4, -0.2) is 57.0 Å². The summed E-state index contributed by atoms with van der Waals surface area (Å²) >= 11 is 1.51. The smallest absolute Gasteiger partial charge is 0.231 e. The van der Waals surface area contributed by atoms with E-state index < -0.39 is 11.4 Å². The van der Waals surface area contributed by atoms with E-state index in [0.29, 0.717) is 41.5 Å². The van der Waals surface area contributed by atoms with E-state index in [4.69, 9.17) is 15.5 Å². The second-order valence-corrected chi connectivity index (χ2v) is 9.36. The molecule has 0 saturated carbocycles. The Hall–Kier alpha value is -3.80. The number of hydrogen-bond acceptors (Lipinski definition) is 10. The van der Waals surface area contributed by atoms with Crippen LogP contribution in [0.4, 0.5) is 16.0 Å². The lowest BCUT2D eigenvalue weighted by atomic mass is 9.81. The van der Waals surface area contributed by atoms with Crippen molar-refractivity contribution in [2.24, 2.45) is 16.6 Å². The van der Waals surface area contributed by atoms with E-state index in [0.717, 1.165) is 23.7 Å². The Bertz CT molecular complexity index is 1260. The molecule has 4 heterocycles. The maximum Gasteiger partial charge on any atom is 0.231 e. The number of carbonyl (C=O) groups is 1. The highest BCUT2D eigenvalue weighted by Gasteiger charge is 2.50. The fourth-order valence-corrected chi connectivity index (χ4v) is 5.40. The zero-order chi connectivity index (χ0) is 24.4. The molecule has 0 unspecified atom stereocenters. The molecule has 1 aromatic carbocycles. The molecular weight excluding hydrogens is 471 g/mol. The van der Waals surface area contributed by atoms with Crippen molar-refractivity contribution in [1.82, 2.24) is 19.9 Å². The van der Waals surface area contributed by atoms with Gasteiger partial charge in [0.05, 0.1) is 50.6 Å². The van der Waals surface area contributed by atoms with Crippen LogP contribution in [0.25, 0.3) is 0 Å². The summed E-state index contributed by atoms with van der Waals surface area (Å²) < 4.78 is 18.3. The van der Waals surface area contributed by atoms with Gasteiger partial charge in [0.2, 0.25) is 17.7 Å². The van der Waals surface area contributed by atoms with Gasteiger partial charge in [-0.3, -0.25) is 9.78 Å². The van der Waals surface area contributed by atoms with Gasteiger partial charge in [0.25, 0.3) is 0 Å². The van der Waals surface area contributed by atoms with Gasteiger partial charge in [-0.15, -0.1) is 0 Å². The van der Waals surface area contributed by atoms with E-state index in [1.165, 1.54) is 31.3 Å². The third-order valence-corrected chi connectivity index (χ3v) is 7.01. The number of carbonyl (C=O) groups excluding carboxylic acids is 1. The second-order valence-electron chi connectivity index (χ2n) is 8.32. The number of ether oxygens (including phenoxy) is 1. The molecule has 12 heteroatoms. The van der Waals surface area contributed by atoms with Crippen LogP contribution in [0.2, 0.25) is 0 Å². The predicted octanol–water partition coefficient (Wildman–Crippen LogP) is 1.99. The lowest BCUT2D eigenvalue weighted by molar-refractivity contribution is -0.115. The van der Waals surface area contributed by atoms with Crippen molar-refractivity contribution < 1.29 is 13.9 Å². The van der Waals surface area contributed by atoms with E-state index in [-0.39, 0.29) is 18.2 Å². The fraction of sp³-hybridized carbons (Fsp3) is 0.304. The standard InChI is InChI=1S/C23H23FN8O2S/c1-34-20-10-26-18(9-27-20)6-19(33)30-17-4-2-3-14(5-17)23-13-32(22-28-7-16(24)8-29-22)11-15(23)12-35-21(25)31-23/h2-5,7-10,15H,6,11-13H2,1H3,(H2,25,31)(H,30,33)/t15-,23+/m0/s1. The first-order chi connectivity index (χ1) is 16.9. The fourth-order valence-electron chi connectivity index (χ4n) is 4.42. The molecule has 1 fully saturated rings. The summed E-state index contributed by atoms with van der Waals surface area (Å²) in [4.78, 5) is 36.1. The van der Waals surface area contributed by atoms with Crippen LogP contribution < -0.4 is 20.7 Å². The third kappa shape index (κ3) is 4.74. The normalized spacial score (nSPS) is 21.3. The highest BCUT2D eigenvalue weighted by Crippen LogP contribution is 2.46. The number of benzene rings is 1. The van der Waals surface area contributed by atoms with E-state index in [1.54, 1.807) is 0 Å². The lowest BCUT2D eigenvalue weighted by Crippen LogP contribution is -2.40. The molecule has 2 aromatic heterocycles. The monoisotopic (exact) mass is 494 g/mol. The number of methoxy groups -OCH3 is 1. The Morgan fingerprint density at radius 3 is 2.83 bits per heavy atom. The number of aromatic nitrogens is 4. The van der Waals surface area contributed by atoms with Gasteiger partial charge in [-0.1, -0.05) is 23.9 Å². The number of fused-ring (bicyclic) bond motifs is 1. The molecule has 1 amide bonds. The number of nitrogens with one attached hydrogen (secondary N) is 1. The van der Waals surface area contributed by atoms with Crippen molar-refractivity contribution in [3.05, 3.63) is 66.1 Å². The molecule has 5 rings (SSSR count). The van der Waals surface area contributed by atoms with Crippen LogP contribution in [0, 0.1) is 11.7 Å². The molecule has 180 valence electrons. The summed E-state index contributed by atoms with van der Waals surface area (Å²) in [5.74, 6) is 1.04. The molecule has 0 bridgehead atoms. The number of amides is 1. The van der Waals surface area contributed by atoms with E-state index in [2.05, 4.69) is 25.3 Å². The maximum atomic E-state index is 13.3. The number of aliphatic imine (C=N–C) groups is 1. The first-order valence-corrected chi connectivity index (χ1v) is 11.9. The summed E-state index contributed by atoms with van der Waals surface area (Å²) in [5, 5.41) is 3.44. The van der Waals surface area contributed by atoms with Crippen molar-refractivity contribution >= 4 is 34.5 Å². The molecule has 1 saturated heterocycles. The number of nitrogens with two attached hydrogens (primary N) is 1.